The van der Waals surface area contributed by atoms with Gasteiger partial charge in [0.15, 0.2) is 0 Å². The van der Waals surface area contributed by atoms with E-state index in [9.17, 15) is 13.2 Å². The highest BCUT2D eigenvalue weighted by molar-refractivity contribution is 7.92. The second-order valence-corrected chi connectivity index (χ2v) is 7.91. The highest BCUT2D eigenvalue weighted by atomic mass is 35.5. The van der Waals surface area contributed by atoms with Crippen molar-refractivity contribution in [3.05, 3.63) is 59.7 Å². The third kappa shape index (κ3) is 5.95. The monoisotopic (exact) mass is 411 g/mol. The number of sulfonamides is 1. The Hall–Kier alpha value is -2.09. The minimum atomic E-state index is -3.64. The molecular weight excluding hydrogens is 386 g/mol. The van der Waals surface area contributed by atoms with Crippen LogP contribution >= 0.6 is 12.4 Å². The fourth-order valence-electron chi connectivity index (χ4n) is 2.37. The van der Waals surface area contributed by atoms with Crippen molar-refractivity contribution in [2.75, 3.05) is 31.0 Å². The van der Waals surface area contributed by atoms with E-state index in [4.69, 9.17) is 0 Å². The van der Waals surface area contributed by atoms with Crippen LogP contribution in [-0.2, 0) is 10.0 Å². The molecule has 148 valence electrons. The van der Waals surface area contributed by atoms with Crippen molar-refractivity contribution in [2.45, 2.75) is 18.7 Å². The van der Waals surface area contributed by atoms with Gasteiger partial charge in [0.2, 0.25) is 0 Å². The lowest BCUT2D eigenvalue weighted by Gasteiger charge is -2.20. The first kappa shape index (κ1) is 23.0. The number of carbonyl (C=O) groups excluding carboxylic acids is 1. The quantitative estimate of drug-likeness (QED) is 0.654. The van der Waals surface area contributed by atoms with Gasteiger partial charge in [0.1, 0.15) is 0 Å². The summed E-state index contributed by atoms with van der Waals surface area (Å²) in [6, 6.07) is 13.2. The SMILES string of the molecule is CCNCCNC(=O)c1ccc(N(C)S(=O)(=O)c2ccc(C)cc2)cc1.Cl. The predicted molar refractivity (Wildman–Crippen MR) is 111 cm³/mol. The molecular formula is C19H26ClN3O3S. The molecule has 6 nitrogen and oxygen atoms in total. The summed E-state index contributed by atoms with van der Waals surface area (Å²) in [5, 5.41) is 5.94. The Labute approximate surface area is 167 Å². The van der Waals surface area contributed by atoms with Crippen molar-refractivity contribution in [1.82, 2.24) is 10.6 Å². The van der Waals surface area contributed by atoms with E-state index in [1.54, 1.807) is 48.5 Å². The maximum atomic E-state index is 12.7. The average molecular weight is 412 g/mol. The molecule has 0 fully saturated rings. The second kappa shape index (κ2) is 10.3. The number of anilines is 1. The Kier molecular flexibility index (Phi) is 8.75. The molecule has 0 unspecified atom stereocenters. The number of aryl methyl sites for hydroxylation is 1. The third-order valence-corrected chi connectivity index (χ3v) is 5.81. The van der Waals surface area contributed by atoms with Crippen molar-refractivity contribution in [3.8, 4) is 0 Å². The summed E-state index contributed by atoms with van der Waals surface area (Å²) in [5.41, 5.74) is 1.98. The number of benzene rings is 2. The molecule has 2 rings (SSSR count). The van der Waals surface area contributed by atoms with E-state index in [1.807, 2.05) is 13.8 Å². The Balaban J connectivity index is 0.00000364. The topological polar surface area (TPSA) is 78.5 Å². The summed E-state index contributed by atoms with van der Waals surface area (Å²) in [5.74, 6) is -0.182. The lowest BCUT2D eigenvalue weighted by Crippen LogP contribution is -2.31. The number of hydrogen-bond donors (Lipinski definition) is 2. The van der Waals surface area contributed by atoms with E-state index in [0.29, 0.717) is 24.3 Å². The van der Waals surface area contributed by atoms with Gasteiger partial charge in [0.05, 0.1) is 10.6 Å². The number of rotatable bonds is 8. The van der Waals surface area contributed by atoms with E-state index in [1.165, 1.54) is 11.4 Å². The molecule has 27 heavy (non-hydrogen) atoms. The van der Waals surface area contributed by atoms with Gasteiger partial charge >= 0.3 is 0 Å². The normalized spacial score (nSPS) is 10.8. The summed E-state index contributed by atoms with van der Waals surface area (Å²) in [6.45, 7) is 6.00. The average Bonchev–Trinajstić information content (AvgIpc) is 2.65. The molecule has 0 radical (unpaired) electrons. The zero-order valence-corrected chi connectivity index (χ0v) is 17.4. The van der Waals surface area contributed by atoms with Crippen molar-refractivity contribution < 1.29 is 13.2 Å². The van der Waals surface area contributed by atoms with E-state index in [2.05, 4.69) is 10.6 Å². The molecule has 0 aliphatic carbocycles. The van der Waals surface area contributed by atoms with Gasteiger partial charge in [-0.05, 0) is 49.9 Å². The molecule has 0 heterocycles. The summed E-state index contributed by atoms with van der Waals surface area (Å²) in [4.78, 5) is 12.3. The number of nitrogens with zero attached hydrogens (tertiary/aromatic N) is 1. The third-order valence-electron chi connectivity index (χ3n) is 4.01. The van der Waals surface area contributed by atoms with Crippen LogP contribution in [0, 0.1) is 6.92 Å². The van der Waals surface area contributed by atoms with Crippen LogP contribution in [0.4, 0.5) is 5.69 Å². The molecule has 1 amide bonds. The molecule has 0 bridgehead atoms. The molecule has 0 spiro atoms. The highest BCUT2D eigenvalue weighted by Crippen LogP contribution is 2.22. The molecule has 0 saturated carbocycles. The molecule has 2 aromatic carbocycles. The van der Waals surface area contributed by atoms with Gasteiger partial charge in [-0.15, -0.1) is 12.4 Å². The Bertz CT molecular complexity index is 838. The maximum absolute atomic E-state index is 12.7. The summed E-state index contributed by atoms with van der Waals surface area (Å²) in [7, 11) is -2.14. The molecule has 8 heteroatoms. The number of nitrogens with one attached hydrogen (secondary N) is 2. The first-order chi connectivity index (χ1) is 12.4. The van der Waals surface area contributed by atoms with Gasteiger partial charge in [-0.3, -0.25) is 9.10 Å². The Morgan fingerprint density at radius 1 is 1.00 bits per heavy atom. The van der Waals surface area contributed by atoms with Gasteiger partial charge in [0.25, 0.3) is 15.9 Å². The van der Waals surface area contributed by atoms with E-state index >= 15 is 0 Å². The fraction of sp³-hybridized carbons (Fsp3) is 0.316. The van der Waals surface area contributed by atoms with Crippen LogP contribution in [-0.4, -0.2) is 41.0 Å². The number of carbonyl (C=O) groups is 1. The standard InChI is InChI=1S/C19H25N3O3S.ClH/c1-4-20-13-14-21-19(23)16-7-9-17(10-8-16)22(3)26(24,25)18-11-5-15(2)6-12-18;/h5-12,20H,4,13-14H2,1-3H3,(H,21,23);1H. The molecule has 2 aromatic rings. The predicted octanol–water partition coefficient (Wildman–Crippen LogP) is 2.58. The highest BCUT2D eigenvalue weighted by Gasteiger charge is 2.21. The van der Waals surface area contributed by atoms with Crippen molar-refractivity contribution >= 4 is 34.0 Å². The van der Waals surface area contributed by atoms with Gasteiger partial charge in [-0.1, -0.05) is 24.6 Å². The largest absolute Gasteiger partial charge is 0.351 e. The molecule has 0 aliphatic rings. The fourth-order valence-corrected chi connectivity index (χ4v) is 3.57. The Morgan fingerprint density at radius 2 is 1.59 bits per heavy atom. The molecule has 0 atom stereocenters. The van der Waals surface area contributed by atoms with E-state index < -0.39 is 10.0 Å². The summed E-state index contributed by atoms with van der Waals surface area (Å²) < 4.78 is 26.6. The molecule has 0 aromatic heterocycles. The zero-order chi connectivity index (χ0) is 19.2. The van der Waals surface area contributed by atoms with E-state index in [0.717, 1.165) is 12.1 Å². The number of amides is 1. The van der Waals surface area contributed by atoms with E-state index in [-0.39, 0.29) is 23.2 Å². The summed E-state index contributed by atoms with van der Waals surface area (Å²) >= 11 is 0. The first-order valence-corrected chi connectivity index (χ1v) is 9.95. The Morgan fingerprint density at radius 3 is 2.15 bits per heavy atom. The molecule has 2 N–H and O–H groups in total. The van der Waals surface area contributed by atoms with Crippen LogP contribution in [0.5, 0.6) is 0 Å². The number of hydrogen-bond acceptors (Lipinski definition) is 4. The summed E-state index contributed by atoms with van der Waals surface area (Å²) in [6.07, 6.45) is 0. The van der Waals surface area contributed by atoms with Crippen LogP contribution in [0.1, 0.15) is 22.8 Å². The minimum absolute atomic E-state index is 0. The van der Waals surface area contributed by atoms with Crippen LogP contribution < -0.4 is 14.9 Å². The van der Waals surface area contributed by atoms with Gasteiger partial charge in [-0.25, -0.2) is 8.42 Å². The van der Waals surface area contributed by atoms with Crippen LogP contribution in [0.25, 0.3) is 0 Å². The van der Waals surface area contributed by atoms with Crippen molar-refractivity contribution in [2.24, 2.45) is 0 Å². The van der Waals surface area contributed by atoms with Gasteiger partial charge in [0, 0.05) is 25.7 Å². The van der Waals surface area contributed by atoms with Crippen molar-refractivity contribution in [1.29, 1.82) is 0 Å². The van der Waals surface area contributed by atoms with Gasteiger partial charge in [-0.2, -0.15) is 0 Å². The molecule has 0 saturated heterocycles. The first-order valence-electron chi connectivity index (χ1n) is 8.51. The van der Waals surface area contributed by atoms with Crippen LogP contribution in [0.3, 0.4) is 0 Å². The number of halogens is 1. The number of likely N-dealkylation sites (N-methyl/N-ethyl adjacent to an activating group) is 1. The lowest BCUT2D eigenvalue weighted by molar-refractivity contribution is 0.0954. The second-order valence-electron chi connectivity index (χ2n) is 5.94. The van der Waals surface area contributed by atoms with Crippen molar-refractivity contribution in [3.63, 3.8) is 0 Å². The molecule has 0 aliphatic heterocycles. The van der Waals surface area contributed by atoms with Gasteiger partial charge < -0.3 is 10.6 Å². The minimum Gasteiger partial charge on any atom is -0.351 e. The zero-order valence-electron chi connectivity index (χ0n) is 15.7. The van der Waals surface area contributed by atoms with Crippen LogP contribution in [0.2, 0.25) is 0 Å². The van der Waals surface area contributed by atoms with Crippen LogP contribution in [0.15, 0.2) is 53.4 Å². The maximum Gasteiger partial charge on any atom is 0.264 e. The smallest absolute Gasteiger partial charge is 0.264 e. The lowest BCUT2D eigenvalue weighted by atomic mass is 10.2.